The third-order valence-electron chi connectivity index (χ3n) is 4.93. The molecule has 1 aromatic heterocycles. The fraction of sp³-hybridized carbons (Fsp3) is 0.700. The standard InChI is InChI=1S/C20H33N5O3/c1-21-20(23-8-4-11-27-16-18-6-3-12-28-18)24-15-17-5-2-7-22-19(17)25-9-13-26-14-10-25/h2,5,7,18H,3-4,6,8-16H2,1H3,(H2,21,23,24). The van der Waals surface area contributed by atoms with Gasteiger partial charge in [-0.25, -0.2) is 4.98 Å². The molecule has 2 aliphatic rings. The SMILES string of the molecule is CN=C(NCCCOCC1CCCO1)NCc1cccnc1N1CCOCC1. The van der Waals surface area contributed by atoms with Gasteiger partial charge in [0.15, 0.2) is 5.96 Å². The number of nitrogens with zero attached hydrogens (tertiary/aromatic N) is 3. The zero-order valence-electron chi connectivity index (χ0n) is 16.9. The van der Waals surface area contributed by atoms with Crippen molar-refractivity contribution < 1.29 is 14.2 Å². The van der Waals surface area contributed by atoms with E-state index in [-0.39, 0.29) is 0 Å². The van der Waals surface area contributed by atoms with E-state index in [1.165, 1.54) is 0 Å². The second-order valence-electron chi connectivity index (χ2n) is 7.00. The molecule has 0 saturated carbocycles. The van der Waals surface area contributed by atoms with Crippen molar-refractivity contribution >= 4 is 11.8 Å². The first-order chi connectivity index (χ1) is 13.9. The Morgan fingerprint density at radius 2 is 2.21 bits per heavy atom. The van der Waals surface area contributed by atoms with Gasteiger partial charge in [-0.3, -0.25) is 4.99 Å². The summed E-state index contributed by atoms with van der Waals surface area (Å²) in [5.74, 6) is 1.81. The Bertz CT molecular complexity index is 601. The summed E-state index contributed by atoms with van der Waals surface area (Å²) in [7, 11) is 1.79. The molecule has 3 heterocycles. The van der Waals surface area contributed by atoms with Crippen LogP contribution in [0, 0.1) is 0 Å². The van der Waals surface area contributed by atoms with Crippen molar-refractivity contribution in [1.82, 2.24) is 15.6 Å². The first-order valence-corrected chi connectivity index (χ1v) is 10.3. The molecule has 2 aliphatic heterocycles. The molecule has 3 rings (SSSR count). The highest BCUT2D eigenvalue weighted by Gasteiger charge is 2.16. The van der Waals surface area contributed by atoms with Crippen LogP contribution in [0.15, 0.2) is 23.3 Å². The normalized spacial score (nSPS) is 20.4. The van der Waals surface area contributed by atoms with Crippen LogP contribution < -0.4 is 15.5 Å². The van der Waals surface area contributed by atoms with Crippen LogP contribution in [0.3, 0.4) is 0 Å². The van der Waals surface area contributed by atoms with Crippen molar-refractivity contribution in [2.24, 2.45) is 4.99 Å². The topological polar surface area (TPSA) is 80.2 Å². The van der Waals surface area contributed by atoms with Crippen LogP contribution in [0.5, 0.6) is 0 Å². The van der Waals surface area contributed by atoms with Gasteiger partial charge in [0.1, 0.15) is 5.82 Å². The highest BCUT2D eigenvalue weighted by molar-refractivity contribution is 5.79. The van der Waals surface area contributed by atoms with Gasteiger partial charge in [-0.1, -0.05) is 6.07 Å². The van der Waals surface area contributed by atoms with Crippen LogP contribution in [0.25, 0.3) is 0 Å². The lowest BCUT2D eigenvalue weighted by molar-refractivity contribution is 0.0168. The van der Waals surface area contributed by atoms with Gasteiger partial charge in [0.2, 0.25) is 0 Å². The Labute approximate surface area is 167 Å². The number of morpholine rings is 1. The molecule has 8 nitrogen and oxygen atoms in total. The van der Waals surface area contributed by atoms with Gasteiger partial charge >= 0.3 is 0 Å². The van der Waals surface area contributed by atoms with Crippen LogP contribution in [-0.4, -0.2) is 76.8 Å². The average molecular weight is 392 g/mol. The van der Waals surface area contributed by atoms with E-state index in [1.54, 1.807) is 7.05 Å². The number of nitrogens with one attached hydrogen (secondary N) is 2. The summed E-state index contributed by atoms with van der Waals surface area (Å²) >= 11 is 0. The van der Waals surface area contributed by atoms with E-state index in [9.17, 15) is 0 Å². The Morgan fingerprint density at radius 1 is 1.32 bits per heavy atom. The number of aromatic nitrogens is 1. The molecule has 0 aliphatic carbocycles. The molecule has 1 unspecified atom stereocenters. The molecule has 2 saturated heterocycles. The van der Waals surface area contributed by atoms with Crippen molar-refractivity contribution in [1.29, 1.82) is 0 Å². The number of hydrogen-bond donors (Lipinski definition) is 2. The average Bonchev–Trinajstić information content (AvgIpc) is 3.27. The van der Waals surface area contributed by atoms with E-state index in [4.69, 9.17) is 14.2 Å². The van der Waals surface area contributed by atoms with Crippen LogP contribution >= 0.6 is 0 Å². The molecule has 156 valence electrons. The number of pyridine rings is 1. The van der Waals surface area contributed by atoms with E-state index in [0.29, 0.717) is 19.3 Å². The summed E-state index contributed by atoms with van der Waals surface area (Å²) < 4.78 is 16.7. The van der Waals surface area contributed by atoms with E-state index < -0.39 is 0 Å². The zero-order valence-corrected chi connectivity index (χ0v) is 16.9. The third kappa shape index (κ3) is 6.61. The zero-order chi connectivity index (χ0) is 19.4. The highest BCUT2D eigenvalue weighted by Crippen LogP contribution is 2.18. The lowest BCUT2D eigenvalue weighted by Gasteiger charge is -2.29. The maximum Gasteiger partial charge on any atom is 0.191 e. The molecule has 1 atom stereocenters. The Hall–Kier alpha value is -1.90. The van der Waals surface area contributed by atoms with E-state index in [2.05, 4.69) is 31.6 Å². The fourth-order valence-electron chi connectivity index (χ4n) is 3.40. The largest absolute Gasteiger partial charge is 0.379 e. The smallest absolute Gasteiger partial charge is 0.191 e. The molecule has 2 N–H and O–H groups in total. The molecule has 0 bridgehead atoms. The lowest BCUT2D eigenvalue weighted by Crippen LogP contribution is -2.39. The summed E-state index contributed by atoms with van der Waals surface area (Å²) in [6.07, 6.45) is 5.34. The van der Waals surface area contributed by atoms with Gasteiger partial charge in [-0.15, -0.1) is 0 Å². The highest BCUT2D eigenvalue weighted by atomic mass is 16.5. The number of rotatable bonds is 9. The molecule has 28 heavy (non-hydrogen) atoms. The maximum absolute atomic E-state index is 5.70. The summed E-state index contributed by atoms with van der Waals surface area (Å²) in [4.78, 5) is 11.2. The molecule has 0 spiro atoms. The second-order valence-corrected chi connectivity index (χ2v) is 7.00. The lowest BCUT2D eigenvalue weighted by atomic mass is 10.2. The Kier molecular flexibility index (Phi) is 8.80. The number of aliphatic imine (C=N–C) groups is 1. The summed E-state index contributed by atoms with van der Waals surface area (Å²) in [6.45, 7) is 7.06. The van der Waals surface area contributed by atoms with Crippen molar-refractivity contribution in [3.05, 3.63) is 23.9 Å². The summed E-state index contributed by atoms with van der Waals surface area (Å²) in [6, 6.07) is 4.08. The van der Waals surface area contributed by atoms with Gasteiger partial charge in [0.25, 0.3) is 0 Å². The van der Waals surface area contributed by atoms with Crippen LogP contribution in [0.4, 0.5) is 5.82 Å². The first-order valence-electron chi connectivity index (χ1n) is 10.3. The Balaban J connectivity index is 1.36. The summed E-state index contributed by atoms with van der Waals surface area (Å²) in [5, 5.41) is 6.72. The quantitative estimate of drug-likeness (QED) is 0.372. The molecular weight excluding hydrogens is 358 g/mol. The van der Waals surface area contributed by atoms with Gasteiger partial charge in [0, 0.05) is 58.2 Å². The number of guanidine groups is 1. The fourth-order valence-corrected chi connectivity index (χ4v) is 3.40. The molecule has 0 radical (unpaired) electrons. The predicted octanol–water partition coefficient (Wildman–Crippen LogP) is 1.17. The van der Waals surface area contributed by atoms with Crippen molar-refractivity contribution in [2.45, 2.75) is 31.9 Å². The first kappa shape index (κ1) is 20.8. The maximum atomic E-state index is 5.70. The number of ether oxygens (including phenoxy) is 3. The van der Waals surface area contributed by atoms with Gasteiger partial charge < -0.3 is 29.7 Å². The number of hydrogen-bond acceptors (Lipinski definition) is 6. The third-order valence-corrected chi connectivity index (χ3v) is 4.93. The van der Waals surface area contributed by atoms with Crippen molar-refractivity contribution in [3.8, 4) is 0 Å². The van der Waals surface area contributed by atoms with E-state index in [0.717, 1.165) is 82.7 Å². The monoisotopic (exact) mass is 391 g/mol. The molecule has 0 aromatic carbocycles. The van der Waals surface area contributed by atoms with Gasteiger partial charge in [-0.05, 0) is 25.3 Å². The molecule has 0 amide bonds. The van der Waals surface area contributed by atoms with Gasteiger partial charge in [-0.2, -0.15) is 0 Å². The van der Waals surface area contributed by atoms with E-state index in [1.807, 2.05) is 12.3 Å². The minimum absolute atomic E-state index is 0.294. The van der Waals surface area contributed by atoms with Crippen molar-refractivity contribution in [3.63, 3.8) is 0 Å². The van der Waals surface area contributed by atoms with Gasteiger partial charge in [0.05, 0.1) is 25.9 Å². The van der Waals surface area contributed by atoms with Crippen molar-refractivity contribution in [2.75, 3.05) is 64.6 Å². The molecular formula is C20H33N5O3. The minimum Gasteiger partial charge on any atom is -0.379 e. The van der Waals surface area contributed by atoms with Crippen LogP contribution in [-0.2, 0) is 20.8 Å². The molecule has 2 fully saturated rings. The van der Waals surface area contributed by atoms with E-state index >= 15 is 0 Å². The Morgan fingerprint density at radius 3 is 3.00 bits per heavy atom. The summed E-state index contributed by atoms with van der Waals surface area (Å²) in [5.41, 5.74) is 1.16. The molecule has 1 aromatic rings. The number of anilines is 1. The van der Waals surface area contributed by atoms with Crippen LogP contribution in [0.2, 0.25) is 0 Å². The van der Waals surface area contributed by atoms with Crippen LogP contribution in [0.1, 0.15) is 24.8 Å². The second kappa shape index (κ2) is 11.8. The predicted molar refractivity (Wildman–Crippen MR) is 110 cm³/mol. The minimum atomic E-state index is 0.294. The molecule has 8 heteroatoms.